The van der Waals surface area contributed by atoms with Gasteiger partial charge in [-0.3, -0.25) is 0 Å². The van der Waals surface area contributed by atoms with E-state index in [0.717, 1.165) is 11.3 Å². The largest absolute Gasteiger partial charge is 0.399 e. The summed E-state index contributed by atoms with van der Waals surface area (Å²) >= 11 is 0. The van der Waals surface area contributed by atoms with Crippen LogP contribution in [0, 0.1) is 6.92 Å². The molecule has 0 amide bonds. The minimum absolute atomic E-state index is 0.868. The maximum atomic E-state index is 5.52. The minimum Gasteiger partial charge on any atom is -0.399 e. The van der Waals surface area contributed by atoms with E-state index in [9.17, 15) is 0 Å². The molecule has 4 aromatic rings. The van der Waals surface area contributed by atoms with Crippen LogP contribution in [0.5, 0.6) is 0 Å². The Labute approximate surface area is 136 Å². The van der Waals surface area contributed by atoms with Crippen molar-refractivity contribution in [2.75, 3.05) is 5.73 Å². The molecular formula is C21H20N2. The zero-order chi connectivity index (χ0) is 16.1. The molecule has 0 unspecified atom stereocenters. The molecule has 0 radical (unpaired) electrons. The van der Waals surface area contributed by atoms with Crippen molar-refractivity contribution in [1.82, 2.24) is 4.98 Å². The standard InChI is InChI=1S/C14H11N.C7H9N/c1-2-6-11(7-3-1)14-10-12-8-4-5-9-13(12)15-14;1-6-4-2-3-5-7(6)8/h1-10,15H;2-5H,8H2,1H3. The van der Waals surface area contributed by atoms with Crippen LogP contribution in [-0.2, 0) is 0 Å². The van der Waals surface area contributed by atoms with Crippen LogP contribution < -0.4 is 5.73 Å². The summed E-state index contributed by atoms with van der Waals surface area (Å²) in [6, 6.07) is 28.7. The van der Waals surface area contributed by atoms with Gasteiger partial charge in [0, 0.05) is 22.3 Å². The lowest BCUT2D eigenvalue weighted by Crippen LogP contribution is -1.85. The number of fused-ring (bicyclic) bond motifs is 1. The molecule has 0 aliphatic heterocycles. The summed E-state index contributed by atoms with van der Waals surface area (Å²) in [4.78, 5) is 3.41. The number of rotatable bonds is 1. The molecule has 0 atom stereocenters. The maximum Gasteiger partial charge on any atom is 0.0464 e. The smallest absolute Gasteiger partial charge is 0.0464 e. The van der Waals surface area contributed by atoms with E-state index in [1.807, 2.05) is 43.3 Å². The number of nitrogen functional groups attached to an aromatic ring is 1. The molecule has 3 N–H and O–H groups in total. The molecule has 114 valence electrons. The third-order valence-electron chi connectivity index (χ3n) is 3.80. The van der Waals surface area contributed by atoms with E-state index in [4.69, 9.17) is 5.73 Å². The molecule has 0 bridgehead atoms. The Morgan fingerprint density at radius 3 is 2.04 bits per heavy atom. The number of H-pyrrole nitrogens is 1. The minimum atomic E-state index is 0.868. The number of aromatic nitrogens is 1. The number of hydrogen-bond donors (Lipinski definition) is 2. The van der Waals surface area contributed by atoms with Gasteiger partial charge in [-0.2, -0.15) is 0 Å². The first-order valence-electron chi connectivity index (χ1n) is 7.68. The normalized spacial score (nSPS) is 10.1. The molecule has 0 saturated carbocycles. The zero-order valence-corrected chi connectivity index (χ0v) is 13.2. The van der Waals surface area contributed by atoms with Gasteiger partial charge in [-0.1, -0.05) is 66.7 Å². The Bertz CT molecular complexity index is 838. The first-order chi connectivity index (χ1) is 11.2. The summed E-state index contributed by atoms with van der Waals surface area (Å²) in [5, 5.41) is 1.26. The van der Waals surface area contributed by atoms with Gasteiger partial charge >= 0.3 is 0 Å². The molecule has 1 aromatic heterocycles. The van der Waals surface area contributed by atoms with Crippen molar-refractivity contribution in [2.45, 2.75) is 6.92 Å². The highest BCUT2D eigenvalue weighted by Crippen LogP contribution is 2.23. The summed E-state index contributed by atoms with van der Waals surface area (Å²) in [6.45, 7) is 2.00. The third kappa shape index (κ3) is 3.61. The van der Waals surface area contributed by atoms with Gasteiger partial charge in [0.05, 0.1) is 0 Å². The van der Waals surface area contributed by atoms with Gasteiger partial charge in [0.2, 0.25) is 0 Å². The van der Waals surface area contributed by atoms with Crippen LogP contribution in [0.3, 0.4) is 0 Å². The maximum absolute atomic E-state index is 5.52. The summed E-state index contributed by atoms with van der Waals surface area (Å²) in [7, 11) is 0. The van der Waals surface area contributed by atoms with Crippen LogP contribution >= 0.6 is 0 Å². The predicted molar refractivity (Wildman–Crippen MR) is 99.3 cm³/mol. The van der Waals surface area contributed by atoms with E-state index in [0.29, 0.717) is 0 Å². The van der Waals surface area contributed by atoms with Gasteiger partial charge in [-0.25, -0.2) is 0 Å². The SMILES string of the molecule is Cc1ccccc1N.c1ccc(-c2cc3ccccc3[nH]2)cc1. The number of anilines is 1. The number of para-hydroxylation sites is 2. The van der Waals surface area contributed by atoms with Crippen LogP contribution in [0.2, 0.25) is 0 Å². The molecule has 23 heavy (non-hydrogen) atoms. The highest BCUT2D eigenvalue weighted by Gasteiger charge is 2.00. The monoisotopic (exact) mass is 300 g/mol. The summed E-state index contributed by atoms with van der Waals surface area (Å²) in [6.07, 6.45) is 0. The number of hydrogen-bond acceptors (Lipinski definition) is 1. The highest BCUT2D eigenvalue weighted by atomic mass is 14.7. The zero-order valence-electron chi connectivity index (χ0n) is 13.2. The number of nitrogens with one attached hydrogen (secondary N) is 1. The van der Waals surface area contributed by atoms with Crippen molar-refractivity contribution >= 4 is 16.6 Å². The summed E-state index contributed by atoms with van der Waals surface area (Å²) in [5.41, 5.74) is 11.1. The van der Waals surface area contributed by atoms with E-state index < -0.39 is 0 Å². The highest BCUT2D eigenvalue weighted by molar-refractivity contribution is 5.85. The topological polar surface area (TPSA) is 41.8 Å². The molecule has 2 heteroatoms. The first kappa shape index (κ1) is 14.9. The fourth-order valence-electron chi connectivity index (χ4n) is 2.43. The molecule has 0 aliphatic rings. The van der Waals surface area contributed by atoms with Crippen molar-refractivity contribution in [3.05, 3.63) is 90.5 Å². The molecule has 0 fully saturated rings. The van der Waals surface area contributed by atoms with Crippen molar-refractivity contribution in [3.8, 4) is 11.3 Å². The Morgan fingerprint density at radius 1 is 0.739 bits per heavy atom. The van der Waals surface area contributed by atoms with Crippen molar-refractivity contribution in [2.24, 2.45) is 0 Å². The van der Waals surface area contributed by atoms with Gasteiger partial charge in [0.1, 0.15) is 0 Å². The van der Waals surface area contributed by atoms with Crippen molar-refractivity contribution in [1.29, 1.82) is 0 Å². The Kier molecular flexibility index (Phi) is 4.44. The van der Waals surface area contributed by atoms with Crippen LogP contribution in [0.4, 0.5) is 5.69 Å². The lowest BCUT2D eigenvalue weighted by Gasteiger charge is -1.94. The number of benzene rings is 3. The van der Waals surface area contributed by atoms with E-state index in [1.165, 1.54) is 22.2 Å². The third-order valence-corrected chi connectivity index (χ3v) is 3.80. The molecule has 0 aliphatic carbocycles. The molecule has 2 nitrogen and oxygen atoms in total. The number of aromatic amines is 1. The molecule has 4 rings (SSSR count). The molecule has 0 saturated heterocycles. The van der Waals surface area contributed by atoms with E-state index >= 15 is 0 Å². The first-order valence-corrected chi connectivity index (χ1v) is 7.68. The second-order valence-electron chi connectivity index (χ2n) is 5.49. The second kappa shape index (κ2) is 6.84. The van der Waals surface area contributed by atoms with Gasteiger partial charge in [-0.15, -0.1) is 0 Å². The summed E-state index contributed by atoms with van der Waals surface area (Å²) < 4.78 is 0. The Morgan fingerprint density at radius 2 is 1.39 bits per heavy atom. The van der Waals surface area contributed by atoms with Crippen LogP contribution in [-0.4, -0.2) is 4.98 Å². The lowest BCUT2D eigenvalue weighted by molar-refractivity contribution is 1.45. The van der Waals surface area contributed by atoms with Crippen molar-refractivity contribution in [3.63, 3.8) is 0 Å². The van der Waals surface area contributed by atoms with Crippen LogP contribution in [0.1, 0.15) is 5.56 Å². The van der Waals surface area contributed by atoms with Gasteiger partial charge in [0.25, 0.3) is 0 Å². The fourth-order valence-corrected chi connectivity index (χ4v) is 2.43. The fraction of sp³-hybridized carbons (Fsp3) is 0.0476. The summed E-state index contributed by atoms with van der Waals surface area (Å²) in [5.74, 6) is 0. The molecule has 3 aromatic carbocycles. The van der Waals surface area contributed by atoms with Gasteiger partial charge in [-0.05, 0) is 36.2 Å². The Hall–Kier alpha value is -3.00. The lowest BCUT2D eigenvalue weighted by atomic mass is 10.1. The van der Waals surface area contributed by atoms with Gasteiger partial charge < -0.3 is 10.7 Å². The number of aryl methyl sites for hydroxylation is 1. The van der Waals surface area contributed by atoms with E-state index in [-0.39, 0.29) is 0 Å². The molecule has 1 heterocycles. The Balaban J connectivity index is 0.000000166. The van der Waals surface area contributed by atoms with Crippen LogP contribution in [0.25, 0.3) is 22.2 Å². The van der Waals surface area contributed by atoms with Crippen LogP contribution in [0.15, 0.2) is 84.9 Å². The average Bonchev–Trinajstić information content (AvgIpc) is 3.03. The number of nitrogens with two attached hydrogens (primary N) is 1. The quantitative estimate of drug-likeness (QED) is 0.453. The van der Waals surface area contributed by atoms with Gasteiger partial charge in [0.15, 0.2) is 0 Å². The average molecular weight is 300 g/mol. The van der Waals surface area contributed by atoms with E-state index in [2.05, 4.69) is 53.5 Å². The molecular weight excluding hydrogens is 280 g/mol. The second-order valence-corrected chi connectivity index (χ2v) is 5.49. The van der Waals surface area contributed by atoms with E-state index in [1.54, 1.807) is 0 Å². The van der Waals surface area contributed by atoms with Crippen molar-refractivity contribution < 1.29 is 0 Å². The molecule has 0 spiro atoms. The predicted octanol–water partition coefficient (Wildman–Crippen LogP) is 5.41.